The van der Waals surface area contributed by atoms with Crippen LogP contribution in [0.15, 0.2) is 30.5 Å². The van der Waals surface area contributed by atoms with Crippen molar-refractivity contribution in [2.24, 2.45) is 0 Å². The van der Waals surface area contributed by atoms with Crippen molar-refractivity contribution < 1.29 is 22.7 Å². The molecule has 2 aromatic heterocycles. The van der Waals surface area contributed by atoms with Gasteiger partial charge in [-0.25, -0.2) is 14.5 Å². The van der Waals surface area contributed by atoms with Crippen molar-refractivity contribution in [2.75, 3.05) is 11.9 Å². The van der Waals surface area contributed by atoms with E-state index in [1.165, 1.54) is 10.9 Å². The van der Waals surface area contributed by atoms with Crippen LogP contribution in [-0.4, -0.2) is 32.3 Å². The molecule has 158 valence electrons. The number of aromatic nitrogens is 4. The monoisotopic (exact) mass is 439 g/mol. The summed E-state index contributed by atoms with van der Waals surface area (Å²) in [5, 5.41) is 7.00. The van der Waals surface area contributed by atoms with Crippen molar-refractivity contribution in [3.05, 3.63) is 58.0 Å². The lowest BCUT2D eigenvalue weighted by Crippen LogP contribution is -2.14. The maximum atomic E-state index is 13.1. The average Bonchev–Trinajstić information content (AvgIpc) is 3.01. The lowest BCUT2D eigenvalue weighted by Gasteiger charge is -2.15. The lowest BCUT2D eigenvalue weighted by atomic mass is 10.2. The molecule has 0 unspecified atom stereocenters. The molecule has 0 radical (unpaired) electrons. The lowest BCUT2D eigenvalue weighted by molar-refractivity contribution is -0.137. The van der Waals surface area contributed by atoms with Gasteiger partial charge in [0.25, 0.3) is 5.95 Å². The Kier molecular flexibility index (Phi) is 5.97. The summed E-state index contributed by atoms with van der Waals surface area (Å²) in [6.07, 6.45) is -3.34. The molecule has 0 saturated carbocycles. The molecule has 11 heteroatoms. The van der Waals surface area contributed by atoms with Crippen molar-refractivity contribution in [3.8, 4) is 5.95 Å². The van der Waals surface area contributed by atoms with Gasteiger partial charge in [0.2, 0.25) is 0 Å². The molecule has 0 atom stereocenters. The number of hydrogen-bond acceptors (Lipinski definition) is 6. The Morgan fingerprint density at radius 1 is 1.27 bits per heavy atom. The molecule has 0 amide bonds. The minimum absolute atomic E-state index is 0.0177. The highest BCUT2D eigenvalue weighted by Gasteiger charge is 2.31. The summed E-state index contributed by atoms with van der Waals surface area (Å²) >= 11 is 6.07. The molecule has 2 heterocycles. The summed E-state index contributed by atoms with van der Waals surface area (Å²) in [5.41, 5.74) is 0.422. The Balaban J connectivity index is 2.10. The average molecular weight is 440 g/mol. The second kappa shape index (κ2) is 8.31. The number of ether oxygens (including phenoxy) is 1. The molecule has 7 nitrogen and oxygen atoms in total. The van der Waals surface area contributed by atoms with Gasteiger partial charge in [-0.15, -0.1) is 0 Å². The van der Waals surface area contributed by atoms with Crippen LogP contribution in [0.5, 0.6) is 0 Å². The molecule has 1 N–H and O–H groups in total. The quantitative estimate of drug-likeness (QED) is 0.571. The fourth-order valence-corrected chi connectivity index (χ4v) is 2.85. The normalized spacial score (nSPS) is 11.4. The Labute approximate surface area is 174 Å². The van der Waals surface area contributed by atoms with E-state index in [4.69, 9.17) is 16.3 Å². The molecule has 3 aromatic rings. The second-order valence-corrected chi connectivity index (χ2v) is 6.72. The van der Waals surface area contributed by atoms with E-state index in [0.717, 1.165) is 29.6 Å². The number of aryl methyl sites for hydroxylation is 2. The number of nitrogens with one attached hydrogen (secondary N) is 1. The largest absolute Gasteiger partial charge is 0.462 e. The number of halogens is 4. The molecular formula is C19H17ClF3N5O2. The van der Waals surface area contributed by atoms with E-state index in [-0.39, 0.29) is 34.6 Å². The number of nitrogens with zero attached hydrogens (tertiary/aromatic N) is 4. The first kappa shape index (κ1) is 21.6. The van der Waals surface area contributed by atoms with E-state index in [2.05, 4.69) is 20.4 Å². The molecule has 0 spiro atoms. The zero-order valence-electron chi connectivity index (χ0n) is 16.2. The fraction of sp³-hybridized carbons (Fsp3) is 0.263. The smallest absolute Gasteiger partial charge is 0.416 e. The Bertz CT molecular complexity index is 1100. The number of alkyl halides is 3. The maximum Gasteiger partial charge on any atom is 0.416 e. The summed E-state index contributed by atoms with van der Waals surface area (Å²) in [6, 6.07) is 4.61. The van der Waals surface area contributed by atoms with Crippen LogP contribution in [0.1, 0.15) is 34.2 Å². The van der Waals surface area contributed by atoms with Gasteiger partial charge in [0.15, 0.2) is 5.82 Å². The van der Waals surface area contributed by atoms with Gasteiger partial charge in [-0.2, -0.15) is 23.3 Å². The van der Waals surface area contributed by atoms with Gasteiger partial charge in [-0.05, 0) is 45.0 Å². The first-order valence-electron chi connectivity index (χ1n) is 8.81. The fourth-order valence-electron chi connectivity index (χ4n) is 2.68. The number of hydrogen-bond donors (Lipinski definition) is 1. The predicted molar refractivity (Wildman–Crippen MR) is 104 cm³/mol. The summed E-state index contributed by atoms with van der Waals surface area (Å²) in [7, 11) is 0. The van der Waals surface area contributed by atoms with Crippen LogP contribution in [-0.2, 0) is 10.9 Å². The second-order valence-electron chi connectivity index (χ2n) is 6.31. The van der Waals surface area contributed by atoms with Crippen LogP contribution in [0.4, 0.5) is 24.7 Å². The van der Waals surface area contributed by atoms with Crippen molar-refractivity contribution in [2.45, 2.75) is 26.9 Å². The van der Waals surface area contributed by atoms with Crippen LogP contribution in [0, 0.1) is 13.8 Å². The Hall–Kier alpha value is -3.14. The van der Waals surface area contributed by atoms with Crippen LogP contribution >= 0.6 is 11.6 Å². The molecule has 0 aliphatic carbocycles. The topological polar surface area (TPSA) is 81.9 Å². The highest BCUT2D eigenvalue weighted by atomic mass is 35.5. The molecule has 0 bridgehead atoms. The van der Waals surface area contributed by atoms with Gasteiger partial charge in [0.1, 0.15) is 5.56 Å². The summed E-state index contributed by atoms with van der Waals surface area (Å²) in [4.78, 5) is 20.7. The minimum Gasteiger partial charge on any atom is -0.462 e. The van der Waals surface area contributed by atoms with Crippen molar-refractivity contribution >= 4 is 29.1 Å². The molecule has 0 saturated heterocycles. The van der Waals surface area contributed by atoms with Gasteiger partial charge in [-0.1, -0.05) is 11.6 Å². The highest BCUT2D eigenvalue weighted by Crippen LogP contribution is 2.35. The number of esters is 1. The minimum atomic E-state index is -4.56. The zero-order chi connectivity index (χ0) is 22.1. The maximum absolute atomic E-state index is 13.1. The van der Waals surface area contributed by atoms with Gasteiger partial charge in [0.05, 0.1) is 28.6 Å². The van der Waals surface area contributed by atoms with E-state index in [9.17, 15) is 18.0 Å². The van der Waals surface area contributed by atoms with Crippen LogP contribution in [0.25, 0.3) is 5.95 Å². The number of anilines is 2. The summed E-state index contributed by atoms with van der Waals surface area (Å²) in [6.45, 7) is 5.30. The van der Waals surface area contributed by atoms with Crippen LogP contribution in [0.3, 0.4) is 0 Å². The van der Waals surface area contributed by atoms with E-state index in [1.54, 1.807) is 26.8 Å². The third-order valence-corrected chi connectivity index (χ3v) is 4.35. The van der Waals surface area contributed by atoms with E-state index in [1.807, 2.05) is 0 Å². The summed E-state index contributed by atoms with van der Waals surface area (Å²) < 4.78 is 45.7. The van der Waals surface area contributed by atoms with Gasteiger partial charge < -0.3 is 10.1 Å². The van der Waals surface area contributed by atoms with Crippen LogP contribution in [0.2, 0.25) is 5.02 Å². The Morgan fingerprint density at radius 2 is 2.00 bits per heavy atom. The van der Waals surface area contributed by atoms with Gasteiger partial charge in [-0.3, -0.25) is 0 Å². The number of carbonyl (C=O) groups excluding carboxylic acids is 1. The van der Waals surface area contributed by atoms with Crippen molar-refractivity contribution in [1.29, 1.82) is 0 Å². The first-order valence-corrected chi connectivity index (χ1v) is 9.19. The molecule has 30 heavy (non-hydrogen) atoms. The van der Waals surface area contributed by atoms with Crippen LogP contribution < -0.4 is 5.32 Å². The molecule has 1 aromatic carbocycles. The third kappa shape index (κ3) is 4.54. The zero-order valence-corrected chi connectivity index (χ0v) is 17.0. The first-order chi connectivity index (χ1) is 14.1. The molecular weight excluding hydrogens is 423 g/mol. The highest BCUT2D eigenvalue weighted by molar-refractivity contribution is 6.33. The SMILES string of the molecule is CCOC(=O)c1cnc(-n2nc(C)cc2C)nc1Nc1cc(C(F)(F)F)ccc1Cl. The van der Waals surface area contributed by atoms with Crippen molar-refractivity contribution in [3.63, 3.8) is 0 Å². The number of benzene rings is 1. The van der Waals surface area contributed by atoms with E-state index in [0.29, 0.717) is 0 Å². The Morgan fingerprint density at radius 3 is 2.60 bits per heavy atom. The molecule has 3 rings (SSSR count). The van der Waals surface area contributed by atoms with E-state index < -0.39 is 17.7 Å². The summed E-state index contributed by atoms with van der Waals surface area (Å²) in [5.74, 6) is -0.672. The molecule has 0 aliphatic rings. The molecule has 0 aliphatic heterocycles. The molecule has 0 fully saturated rings. The van der Waals surface area contributed by atoms with E-state index >= 15 is 0 Å². The van der Waals surface area contributed by atoms with Crippen molar-refractivity contribution in [1.82, 2.24) is 19.7 Å². The van der Waals surface area contributed by atoms with Gasteiger partial charge >= 0.3 is 12.1 Å². The number of carbonyl (C=O) groups is 1. The van der Waals surface area contributed by atoms with Gasteiger partial charge in [0, 0.05) is 11.9 Å². The standard InChI is InChI=1S/C19H17ClF3N5O2/c1-4-30-17(29)13-9-24-18(28-11(3)7-10(2)27-28)26-16(13)25-15-8-12(19(21,22)23)5-6-14(15)20/h5-9H,4H2,1-3H3,(H,24,25,26). The predicted octanol–water partition coefficient (Wildman–Crippen LogP) is 4.87. The number of rotatable bonds is 5. The third-order valence-electron chi connectivity index (χ3n) is 4.02.